The summed E-state index contributed by atoms with van der Waals surface area (Å²) >= 11 is 0. The van der Waals surface area contributed by atoms with Gasteiger partial charge in [0.05, 0.1) is 5.60 Å². The van der Waals surface area contributed by atoms with E-state index in [-0.39, 0.29) is 0 Å². The zero-order valence-corrected chi connectivity index (χ0v) is 12.6. The zero-order valence-electron chi connectivity index (χ0n) is 12.6. The van der Waals surface area contributed by atoms with Gasteiger partial charge in [0, 0.05) is 0 Å². The Morgan fingerprint density at radius 1 is 0.810 bits per heavy atom. The van der Waals surface area contributed by atoms with Gasteiger partial charge in [0.25, 0.3) is 0 Å². The fraction of sp³-hybridized carbons (Fsp3) is 0.333. The maximum atomic E-state index is 10.2. The molecule has 0 spiro atoms. The van der Waals surface area contributed by atoms with E-state index in [0.29, 0.717) is 19.4 Å². The molecule has 0 fully saturated rings. The van der Waals surface area contributed by atoms with Crippen molar-refractivity contribution in [2.75, 3.05) is 6.61 Å². The van der Waals surface area contributed by atoms with Crippen molar-refractivity contribution in [3.8, 4) is 17.2 Å². The van der Waals surface area contributed by atoms with Gasteiger partial charge < -0.3 is 14.6 Å². The van der Waals surface area contributed by atoms with Crippen LogP contribution in [0.3, 0.4) is 0 Å². The van der Waals surface area contributed by atoms with Gasteiger partial charge in [0.1, 0.15) is 23.9 Å². The quantitative estimate of drug-likeness (QED) is 0.819. The Morgan fingerprint density at radius 2 is 1.33 bits per heavy atom. The second kappa shape index (κ2) is 7.14. The van der Waals surface area contributed by atoms with Crippen LogP contribution < -0.4 is 9.47 Å². The maximum Gasteiger partial charge on any atom is 0.127 e. The first-order chi connectivity index (χ1) is 10.1. The topological polar surface area (TPSA) is 38.7 Å². The van der Waals surface area contributed by atoms with Crippen molar-refractivity contribution >= 4 is 0 Å². The Bertz CT molecular complexity index is 530. The standard InChI is InChI=1S/C18H22O3/c1-3-18(19,4-2)14-20-15-10-12-17(13-11-15)21-16-8-6-5-7-9-16/h5-13,19H,3-4,14H2,1-2H3. The van der Waals surface area contributed by atoms with Gasteiger partial charge in [-0.3, -0.25) is 0 Å². The van der Waals surface area contributed by atoms with Gasteiger partial charge in [-0.1, -0.05) is 32.0 Å². The van der Waals surface area contributed by atoms with Gasteiger partial charge in [0.2, 0.25) is 0 Å². The molecule has 21 heavy (non-hydrogen) atoms. The Morgan fingerprint density at radius 3 is 1.90 bits per heavy atom. The Hall–Kier alpha value is -2.00. The van der Waals surface area contributed by atoms with Gasteiger partial charge in [-0.15, -0.1) is 0 Å². The van der Waals surface area contributed by atoms with E-state index in [9.17, 15) is 5.11 Å². The number of benzene rings is 2. The summed E-state index contributed by atoms with van der Waals surface area (Å²) in [7, 11) is 0. The second-order valence-electron chi connectivity index (χ2n) is 5.11. The van der Waals surface area contributed by atoms with Crippen molar-refractivity contribution in [1.29, 1.82) is 0 Å². The SMILES string of the molecule is CCC(O)(CC)COc1ccc(Oc2ccccc2)cc1. The van der Waals surface area contributed by atoms with E-state index in [1.54, 1.807) is 0 Å². The lowest BCUT2D eigenvalue weighted by molar-refractivity contribution is -0.0113. The minimum Gasteiger partial charge on any atom is -0.491 e. The Balaban J connectivity index is 1.93. The number of para-hydroxylation sites is 1. The number of ether oxygens (including phenoxy) is 2. The molecular weight excluding hydrogens is 264 g/mol. The average molecular weight is 286 g/mol. The maximum absolute atomic E-state index is 10.2. The molecule has 2 rings (SSSR count). The van der Waals surface area contributed by atoms with Crippen molar-refractivity contribution in [2.45, 2.75) is 32.3 Å². The van der Waals surface area contributed by atoms with Crippen LogP contribution in [0.1, 0.15) is 26.7 Å². The predicted octanol–water partition coefficient (Wildman–Crippen LogP) is 4.41. The Kier molecular flexibility index (Phi) is 5.23. The molecule has 3 heteroatoms. The highest BCUT2D eigenvalue weighted by Crippen LogP contribution is 2.24. The monoisotopic (exact) mass is 286 g/mol. The molecule has 0 bridgehead atoms. The molecule has 2 aromatic carbocycles. The van der Waals surface area contributed by atoms with Gasteiger partial charge in [-0.2, -0.15) is 0 Å². The van der Waals surface area contributed by atoms with E-state index >= 15 is 0 Å². The van der Waals surface area contributed by atoms with Crippen LogP contribution in [0.5, 0.6) is 17.2 Å². The summed E-state index contributed by atoms with van der Waals surface area (Å²) in [6, 6.07) is 17.1. The molecule has 0 saturated carbocycles. The molecule has 0 saturated heterocycles. The van der Waals surface area contributed by atoms with Crippen LogP contribution in [0.25, 0.3) is 0 Å². The minimum atomic E-state index is -0.751. The van der Waals surface area contributed by atoms with Crippen LogP contribution in [0, 0.1) is 0 Å². The molecule has 0 unspecified atom stereocenters. The third-order valence-corrected chi connectivity index (χ3v) is 3.63. The molecular formula is C18H22O3. The number of rotatable bonds is 7. The summed E-state index contributed by atoms with van der Waals surface area (Å²) in [6.45, 7) is 4.23. The first-order valence-electron chi connectivity index (χ1n) is 7.33. The lowest BCUT2D eigenvalue weighted by Gasteiger charge is -2.25. The molecule has 1 N–H and O–H groups in total. The summed E-state index contributed by atoms with van der Waals surface area (Å²) in [5.41, 5.74) is -0.751. The van der Waals surface area contributed by atoms with Gasteiger partial charge in [-0.25, -0.2) is 0 Å². The van der Waals surface area contributed by atoms with E-state index < -0.39 is 5.60 Å². The fourth-order valence-electron chi connectivity index (χ4n) is 1.90. The second-order valence-corrected chi connectivity index (χ2v) is 5.11. The first kappa shape index (κ1) is 15.4. The molecule has 112 valence electrons. The van der Waals surface area contributed by atoms with Crippen LogP contribution in [-0.4, -0.2) is 17.3 Å². The van der Waals surface area contributed by atoms with E-state index in [2.05, 4.69) is 0 Å². The highest BCUT2D eigenvalue weighted by atomic mass is 16.5. The van der Waals surface area contributed by atoms with Crippen molar-refractivity contribution in [3.63, 3.8) is 0 Å². The van der Waals surface area contributed by atoms with Crippen LogP contribution in [-0.2, 0) is 0 Å². The third-order valence-electron chi connectivity index (χ3n) is 3.63. The molecule has 0 aliphatic heterocycles. The molecule has 0 atom stereocenters. The van der Waals surface area contributed by atoms with Crippen molar-refractivity contribution in [3.05, 3.63) is 54.6 Å². The highest BCUT2D eigenvalue weighted by Gasteiger charge is 2.22. The van der Waals surface area contributed by atoms with Crippen LogP contribution in [0.2, 0.25) is 0 Å². The average Bonchev–Trinajstić information content (AvgIpc) is 2.55. The minimum absolute atomic E-state index is 0.304. The number of aliphatic hydroxyl groups is 1. The van der Waals surface area contributed by atoms with E-state index in [4.69, 9.17) is 9.47 Å². The lowest BCUT2D eigenvalue weighted by Crippen LogP contribution is -2.34. The third kappa shape index (κ3) is 4.50. The molecule has 0 aromatic heterocycles. The lowest BCUT2D eigenvalue weighted by atomic mass is 9.99. The van der Waals surface area contributed by atoms with Gasteiger partial charge in [-0.05, 0) is 49.2 Å². The molecule has 0 amide bonds. The summed E-state index contributed by atoms with van der Waals surface area (Å²) in [5, 5.41) is 10.2. The van der Waals surface area contributed by atoms with Crippen molar-refractivity contribution in [2.24, 2.45) is 0 Å². The van der Waals surface area contributed by atoms with Gasteiger partial charge >= 0.3 is 0 Å². The summed E-state index contributed by atoms with van der Waals surface area (Å²) < 4.78 is 11.4. The van der Waals surface area contributed by atoms with Crippen molar-refractivity contribution < 1.29 is 14.6 Å². The molecule has 0 heterocycles. The molecule has 0 radical (unpaired) electrons. The normalized spacial score (nSPS) is 11.2. The molecule has 3 nitrogen and oxygen atoms in total. The summed E-state index contributed by atoms with van der Waals surface area (Å²) in [4.78, 5) is 0. The van der Waals surface area contributed by atoms with Crippen LogP contribution >= 0.6 is 0 Å². The molecule has 0 aliphatic carbocycles. The number of hydrogen-bond acceptors (Lipinski definition) is 3. The Labute approximate surface area is 126 Å². The van der Waals surface area contributed by atoms with E-state index in [1.807, 2.05) is 68.4 Å². The smallest absolute Gasteiger partial charge is 0.127 e. The van der Waals surface area contributed by atoms with Crippen LogP contribution in [0.4, 0.5) is 0 Å². The molecule has 0 aliphatic rings. The van der Waals surface area contributed by atoms with Crippen LogP contribution in [0.15, 0.2) is 54.6 Å². The van der Waals surface area contributed by atoms with E-state index in [0.717, 1.165) is 17.2 Å². The molecule has 2 aromatic rings. The predicted molar refractivity (Wildman–Crippen MR) is 84.0 cm³/mol. The summed E-state index contributed by atoms with van der Waals surface area (Å²) in [5.74, 6) is 2.29. The number of hydrogen-bond donors (Lipinski definition) is 1. The van der Waals surface area contributed by atoms with Crippen molar-refractivity contribution in [1.82, 2.24) is 0 Å². The fourth-order valence-corrected chi connectivity index (χ4v) is 1.90. The summed E-state index contributed by atoms with van der Waals surface area (Å²) in [6.07, 6.45) is 1.36. The first-order valence-corrected chi connectivity index (χ1v) is 7.33. The highest BCUT2D eigenvalue weighted by molar-refractivity contribution is 5.35. The largest absolute Gasteiger partial charge is 0.491 e. The zero-order chi connectivity index (χ0) is 15.1. The van der Waals surface area contributed by atoms with Gasteiger partial charge in [0.15, 0.2) is 0 Å². The van der Waals surface area contributed by atoms with E-state index in [1.165, 1.54) is 0 Å².